The highest BCUT2D eigenvalue weighted by Crippen LogP contribution is 2.26. The highest BCUT2D eigenvalue weighted by Gasteiger charge is 2.21. The number of rotatable bonds is 7. The number of hydrogen-bond donors (Lipinski definition) is 3. The molecule has 2 rings (SSSR count). The van der Waals surface area contributed by atoms with Gasteiger partial charge >= 0.3 is 0 Å². The summed E-state index contributed by atoms with van der Waals surface area (Å²) in [4.78, 5) is 6.02. The van der Waals surface area contributed by atoms with Crippen molar-refractivity contribution in [1.82, 2.24) is 10.6 Å². The lowest BCUT2D eigenvalue weighted by atomic mass is 9.91. The molecule has 0 spiro atoms. The van der Waals surface area contributed by atoms with Crippen LogP contribution in [-0.4, -0.2) is 24.2 Å². The predicted molar refractivity (Wildman–Crippen MR) is 118 cm³/mol. The van der Waals surface area contributed by atoms with Crippen LogP contribution in [-0.2, 0) is 18.6 Å². The molecule has 0 bridgehead atoms. The summed E-state index contributed by atoms with van der Waals surface area (Å²) in [5.41, 5.74) is 2.03. The third-order valence-electron chi connectivity index (χ3n) is 3.93. The fourth-order valence-corrected chi connectivity index (χ4v) is 3.28. The molecule has 138 valence electrons. The molecule has 0 saturated heterocycles. The van der Waals surface area contributed by atoms with Crippen LogP contribution in [0.4, 0.5) is 0 Å². The Balaban J connectivity index is 0.00000312. The summed E-state index contributed by atoms with van der Waals surface area (Å²) >= 11 is 1.78. The summed E-state index contributed by atoms with van der Waals surface area (Å²) in [7, 11) is 0. The van der Waals surface area contributed by atoms with E-state index in [1.165, 1.54) is 4.88 Å². The average molecular weight is 473 g/mol. The first-order valence-corrected chi connectivity index (χ1v) is 9.18. The van der Waals surface area contributed by atoms with Gasteiger partial charge in [0, 0.05) is 23.4 Å². The second-order valence-corrected chi connectivity index (χ2v) is 7.28. The number of guanidine groups is 1. The van der Waals surface area contributed by atoms with E-state index in [9.17, 15) is 5.11 Å². The van der Waals surface area contributed by atoms with Crippen molar-refractivity contribution >= 4 is 41.3 Å². The predicted octanol–water partition coefficient (Wildman–Crippen LogP) is 3.89. The molecule has 1 aromatic carbocycles. The second kappa shape index (κ2) is 10.8. The van der Waals surface area contributed by atoms with Gasteiger partial charge in [-0.05, 0) is 29.5 Å². The molecule has 0 saturated carbocycles. The van der Waals surface area contributed by atoms with Crippen molar-refractivity contribution in [3.8, 4) is 0 Å². The first-order valence-electron chi connectivity index (χ1n) is 8.30. The summed E-state index contributed by atoms with van der Waals surface area (Å²) in [5.74, 6) is 0.801. The molecule has 0 aliphatic rings. The van der Waals surface area contributed by atoms with E-state index in [1.54, 1.807) is 11.3 Å². The van der Waals surface area contributed by atoms with Crippen molar-refractivity contribution in [3.05, 3.63) is 57.8 Å². The molecule has 6 heteroatoms. The SMILES string of the molecule is CCNC(=NCc1ccccc1CO)NCC(C)(C)c1cccs1.I. The minimum absolute atomic E-state index is 0. The number of halogens is 1. The fraction of sp³-hybridized carbons (Fsp3) is 0.421. The Labute approximate surface area is 171 Å². The highest BCUT2D eigenvalue weighted by molar-refractivity contribution is 14.0. The summed E-state index contributed by atoms with van der Waals surface area (Å²) in [6.07, 6.45) is 0. The summed E-state index contributed by atoms with van der Waals surface area (Å²) in [6.45, 7) is 8.73. The molecule has 0 aliphatic carbocycles. The maximum absolute atomic E-state index is 9.42. The van der Waals surface area contributed by atoms with Gasteiger partial charge in [-0.15, -0.1) is 35.3 Å². The largest absolute Gasteiger partial charge is 0.392 e. The van der Waals surface area contributed by atoms with Crippen molar-refractivity contribution in [2.75, 3.05) is 13.1 Å². The maximum Gasteiger partial charge on any atom is 0.191 e. The van der Waals surface area contributed by atoms with E-state index in [2.05, 4.69) is 53.9 Å². The Morgan fingerprint density at radius 1 is 1.12 bits per heavy atom. The number of benzene rings is 1. The summed E-state index contributed by atoms with van der Waals surface area (Å²) in [5, 5.41) is 18.3. The molecular weight excluding hydrogens is 445 g/mol. The molecule has 4 nitrogen and oxygen atoms in total. The lowest BCUT2D eigenvalue weighted by Crippen LogP contribution is -2.43. The molecule has 0 unspecified atom stereocenters. The van der Waals surface area contributed by atoms with Gasteiger partial charge in [-0.25, -0.2) is 4.99 Å². The van der Waals surface area contributed by atoms with Gasteiger partial charge in [-0.3, -0.25) is 0 Å². The molecule has 0 aliphatic heterocycles. The minimum atomic E-state index is 0. The number of aliphatic hydroxyl groups is 1. The molecular formula is C19H28IN3OS. The summed E-state index contributed by atoms with van der Waals surface area (Å²) < 4.78 is 0. The quantitative estimate of drug-likeness (QED) is 0.325. The van der Waals surface area contributed by atoms with Crippen molar-refractivity contribution in [2.24, 2.45) is 4.99 Å². The van der Waals surface area contributed by atoms with Gasteiger partial charge in [0.05, 0.1) is 13.2 Å². The number of aliphatic imine (C=N–C) groups is 1. The zero-order chi connectivity index (χ0) is 17.4. The lowest BCUT2D eigenvalue weighted by Gasteiger charge is -2.25. The molecule has 0 amide bonds. The standard InChI is InChI=1S/C19H27N3OS.HI/c1-4-20-18(21-12-15-8-5-6-9-16(15)13-23)22-14-19(2,3)17-10-7-11-24-17;/h5-11,23H,4,12-14H2,1-3H3,(H2,20,21,22);1H. The highest BCUT2D eigenvalue weighted by atomic mass is 127. The Morgan fingerprint density at radius 2 is 1.84 bits per heavy atom. The number of nitrogens with one attached hydrogen (secondary N) is 2. The maximum atomic E-state index is 9.42. The van der Waals surface area contributed by atoms with Gasteiger partial charge in [0.1, 0.15) is 0 Å². The van der Waals surface area contributed by atoms with E-state index in [-0.39, 0.29) is 36.0 Å². The van der Waals surface area contributed by atoms with Crippen LogP contribution in [0, 0.1) is 0 Å². The molecule has 3 N–H and O–H groups in total. The Hall–Kier alpha value is -1.12. The van der Waals surface area contributed by atoms with Gasteiger partial charge in [0.25, 0.3) is 0 Å². The van der Waals surface area contributed by atoms with E-state index < -0.39 is 0 Å². The van der Waals surface area contributed by atoms with E-state index in [4.69, 9.17) is 0 Å². The van der Waals surface area contributed by atoms with Gasteiger partial charge < -0.3 is 15.7 Å². The Kier molecular flexibility index (Phi) is 9.45. The zero-order valence-electron chi connectivity index (χ0n) is 15.1. The third kappa shape index (κ3) is 6.60. The number of hydrogen-bond acceptors (Lipinski definition) is 3. The van der Waals surface area contributed by atoms with E-state index in [0.29, 0.717) is 6.54 Å². The van der Waals surface area contributed by atoms with Crippen LogP contribution < -0.4 is 10.6 Å². The number of aliphatic hydroxyl groups excluding tert-OH is 1. The second-order valence-electron chi connectivity index (χ2n) is 6.34. The van der Waals surface area contributed by atoms with Crippen LogP contribution in [0.2, 0.25) is 0 Å². The van der Waals surface area contributed by atoms with Gasteiger partial charge in [-0.1, -0.05) is 44.2 Å². The van der Waals surface area contributed by atoms with Crippen LogP contribution >= 0.6 is 35.3 Å². The van der Waals surface area contributed by atoms with E-state index in [0.717, 1.165) is 30.2 Å². The van der Waals surface area contributed by atoms with Gasteiger partial charge in [0.2, 0.25) is 0 Å². The molecule has 0 fully saturated rings. The molecule has 0 radical (unpaired) electrons. The molecule has 1 aromatic heterocycles. The van der Waals surface area contributed by atoms with Gasteiger partial charge in [-0.2, -0.15) is 0 Å². The molecule has 2 aromatic rings. The van der Waals surface area contributed by atoms with Crippen LogP contribution in [0.1, 0.15) is 36.8 Å². The van der Waals surface area contributed by atoms with Crippen LogP contribution in [0.25, 0.3) is 0 Å². The van der Waals surface area contributed by atoms with E-state index >= 15 is 0 Å². The zero-order valence-corrected chi connectivity index (χ0v) is 18.2. The van der Waals surface area contributed by atoms with Crippen LogP contribution in [0.5, 0.6) is 0 Å². The Morgan fingerprint density at radius 3 is 2.44 bits per heavy atom. The van der Waals surface area contributed by atoms with Crippen LogP contribution in [0.3, 0.4) is 0 Å². The average Bonchev–Trinajstić information content (AvgIpc) is 3.13. The Bertz CT molecular complexity index is 656. The van der Waals surface area contributed by atoms with E-state index in [1.807, 2.05) is 24.3 Å². The van der Waals surface area contributed by atoms with Gasteiger partial charge in [0.15, 0.2) is 5.96 Å². The molecule has 1 heterocycles. The third-order valence-corrected chi connectivity index (χ3v) is 5.16. The first kappa shape index (κ1) is 21.9. The topological polar surface area (TPSA) is 56.7 Å². The lowest BCUT2D eigenvalue weighted by molar-refractivity contribution is 0.280. The fourth-order valence-electron chi connectivity index (χ4n) is 2.43. The first-order chi connectivity index (χ1) is 11.6. The normalized spacial score (nSPS) is 11.8. The van der Waals surface area contributed by atoms with Crippen molar-refractivity contribution in [1.29, 1.82) is 0 Å². The molecule has 25 heavy (non-hydrogen) atoms. The van der Waals surface area contributed by atoms with Crippen molar-refractivity contribution in [3.63, 3.8) is 0 Å². The van der Waals surface area contributed by atoms with Crippen LogP contribution in [0.15, 0.2) is 46.8 Å². The van der Waals surface area contributed by atoms with Crippen molar-refractivity contribution in [2.45, 2.75) is 39.3 Å². The molecule has 0 atom stereocenters. The number of nitrogens with zero attached hydrogens (tertiary/aromatic N) is 1. The minimum Gasteiger partial charge on any atom is -0.392 e. The monoisotopic (exact) mass is 473 g/mol. The number of thiophene rings is 1. The smallest absolute Gasteiger partial charge is 0.191 e. The van der Waals surface area contributed by atoms with Crippen molar-refractivity contribution < 1.29 is 5.11 Å². The summed E-state index contributed by atoms with van der Waals surface area (Å²) in [6, 6.07) is 12.1.